The number of nitrogens with zero attached hydrogens (tertiary/aromatic N) is 5. The van der Waals surface area contributed by atoms with Crippen LogP contribution in [0.3, 0.4) is 0 Å². The first kappa shape index (κ1) is 10.2. The van der Waals surface area contributed by atoms with Gasteiger partial charge in [-0.15, -0.1) is 0 Å². The summed E-state index contributed by atoms with van der Waals surface area (Å²) in [5.74, 6) is -1.39. The molecule has 0 aliphatic heterocycles. The van der Waals surface area contributed by atoms with E-state index >= 15 is 0 Å². The standard InChI is InChI=1S/C8H2F3N5/c9-8(10,11)7-15-4(3-12)5-6(16-7)14-2-1-13-5/h1-2H. The van der Waals surface area contributed by atoms with Crippen molar-refractivity contribution in [1.29, 1.82) is 5.26 Å². The number of hydrogen-bond acceptors (Lipinski definition) is 5. The number of fused-ring (bicyclic) bond motifs is 1. The highest BCUT2D eigenvalue weighted by Gasteiger charge is 2.35. The minimum Gasteiger partial charge on any atom is -0.248 e. The van der Waals surface area contributed by atoms with Crippen LogP contribution < -0.4 is 0 Å². The van der Waals surface area contributed by atoms with Crippen LogP contribution in [-0.2, 0) is 6.18 Å². The van der Waals surface area contributed by atoms with Crippen LogP contribution in [0.1, 0.15) is 11.5 Å². The second-order valence-corrected chi connectivity index (χ2v) is 2.73. The number of halogens is 3. The van der Waals surface area contributed by atoms with Gasteiger partial charge < -0.3 is 0 Å². The molecule has 0 saturated carbocycles. The number of alkyl halides is 3. The van der Waals surface area contributed by atoms with Crippen molar-refractivity contribution in [2.24, 2.45) is 0 Å². The van der Waals surface area contributed by atoms with Gasteiger partial charge in [-0.05, 0) is 0 Å². The van der Waals surface area contributed by atoms with Gasteiger partial charge in [-0.25, -0.2) is 19.9 Å². The normalized spacial score (nSPS) is 11.4. The third-order valence-electron chi connectivity index (χ3n) is 1.69. The third kappa shape index (κ3) is 1.63. The number of aromatic nitrogens is 4. The van der Waals surface area contributed by atoms with Gasteiger partial charge in [0.25, 0.3) is 0 Å². The molecule has 0 amide bonds. The van der Waals surface area contributed by atoms with Gasteiger partial charge in [-0.3, -0.25) is 0 Å². The maximum Gasteiger partial charge on any atom is 0.451 e. The van der Waals surface area contributed by atoms with E-state index in [9.17, 15) is 13.2 Å². The summed E-state index contributed by atoms with van der Waals surface area (Å²) < 4.78 is 37.0. The highest BCUT2D eigenvalue weighted by atomic mass is 19.4. The molecule has 2 rings (SSSR count). The third-order valence-corrected chi connectivity index (χ3v) is 1.69. The molecule has 0 bridgehead atoms. The number of hydrogen-bond donors (Lipinski definition) is 0. The Balaban J connectivity index is 2.80. The molecule has 0 aliphatic rings. The van der Waals surface area contributed by atoms with Gasteiger partial charge in [-0.2, -0.15) is 18.4 Å². The van der Waals surface area contributed by atoms with Gasteiger partial charge >= 0.3 is 6.18 Å². The Morgan fingerprint density at radius 3 is 2.44 bits per heavy atom. The van der Waals surface area contributed by atoms with Crippen molar-refractivity contribution in [1.82, 2.24) is 19.9 Å². The second-order valence-electron chi connectivity index (χ2n) is 2.73. The summed E-state index contributed by atoms with van der Waals surface area (Å²) in [6, 6.07) is 1.53. The molecular weight excluding hydrogens is 223 g/mol. The molecule has 0 aliphatic carbocycles. The van der Waals surface area contributed by atoms with Crippen LogP contribution in [0.5, 0.6) is 0 Å². The van der Waals surface area contributed by atoms with Crippen LogP contribution in [0, 0.1) is 11.3 Å². The molecule has 5 nitrogen and oxygen atoms in total. The maximum atomic E-state index is 12.3. The molecule has 0 N–H and O–H groups in total. The summed E-state index contributed by atoms with van der Waals surface area (Å²) in [7, 11) is 0. The average Bonchev–Trinajstić information content (AvgIpc) is 2.26. The van der Waals surface area contributed by atoms with Crippen molar-refractivity contribution in [3.8, 4) is 6.07 Å². The molecule has 80 valence electrons. The Hall–Kier alpha value is -2.30. The zero-order valence-electron chi connectivity index (χ0n) is 7.52. The predicted octanol–water partition coefficient (Wildman–Crippen LogP) is 1.31. The molecule has 0 spiro atoms. The minimum atomic E-state index is -4.71. The highest BCUT2D eigenvalue weighted by molar-refractivity contribution is 5.74. The Morgan fingerprint density at radius 2 is 1.81 bits per heavy atom. The van der Waals surface area contributed by atoms with E-state index in [4.69, 9.17) is 5.26 Å². The summed E-state index contributed by atoms with van der Waals surface area (Å²) in [6.07, 6.45) is -2.27. The summed E-state index contributed by atoms with van der Waals surface area (Å²) in [4.78, 5) is 13.6. The van der Waals surface area contributed by atoms with Crippen molar-refractivity contribution in [2.45, 2.75) is 6.18 Å². The molecule has 2 aromatic heterocycles. The monoisotopic (exact) mass is 225 g/mol. The molecule has 0 aromatic carbocycles. The Bertz CT molecular complexity index is 586. The maximum absolute atomic E-state index is 12.3. The first-order valence-corrected chi connectivity index (χ1v) is 3.98. The fourth-order valence-electron chi connectivity index (χ4n) is 1.07. The lowest BCUT2D eigenvalue weighted by Crippen LogP contribution is -2.13. The van der Waals surface area contributed by atoms with Crippen LogP contribution in [0.4, 0.5) is 13.2 Å². The van der Waals surface area contributed by atoms with Gasteiger partial charge in [0.1, 0.15) is 11.6 Å². The van der Waals surface area contributed by atoms with Gasteiger partial charge in [0.05, 0.1) is 0 Å². The van der Waals surface area contributed by atoms with E-state index in [-0.39, 0.29) is 11.2 Å². The van der Waals surface area contributed by atoms with Crippen molar-refractivity contribution < 1.29 is 13.2 Å². The predicted molar refractivity (Wildman–Crippen MR) is 44.8 cm³/mol. The lowest BCUT2D eigenvalue weighted by atomic mass is 10.3. The SMILES string of the molecule is N#Cc1nc(C(F)(F)F)nc2nccnc12. The van der Waals surface area contributed by atoms with Crippen LogP contribution in [-0.4, -0.2) is 19.9 Å². The zero-order valence-corrected chi connectivity index (χ0v) is 7.52. The summed E-state index contributed by atoms with van der Waals surface area (Å²) in [5, 5.41) is 8.65. The molecule has 0 atom stereocenters. The van der Waals surface area contributed by atoms with Crippen molar-refractivity contribution >= 4 is 11.2 Å². The molecule has 0 fully saturated rings. The fourth-order valence-corrected chi connectivity index (χ4v) is 1.07. The second kappa shape index (κ2) is 3.37. The molecular formula is C8H2F3N5. The van der Waals surface area contributed by atoms with E-state index in [0.29, 0.717) is 0 Å². The van der Waals surface area contributed by atoms with Gasteiger partial charge in [0.15, 0.2) is 11.3 Å². The van der Waals surface area contributed by atoms with Gasteiger partial charge in [-0.1, -0.05) is 0 Å². The molecule has 8 heteroatoms. The summed E-state index contributed by atoms with van der Waals surface area (Å²) in [5.41, 5.74) is -0.732. The number of nitriles is 1. The first-order chi connectivity index (χ1) is 7.52. The van der Waals surface area contributed by atoms with E-state index in [1.54, 1.807) is 0 Å². The highest BCUT2D eigenvalue weighted by Crippen LogP contribution is 2.27. The van der Waals surface area contributed by atoms with Crippen LogP contribution in [0.15, 0.2) is 12.4 Å². The van der Waals surface area contributed by atoms with E-state index in [1.807, 2.05) is 0 Å². The molecule has 2 heterocycles. The van der Waals surface area contributed by atoms with E-state index < -0.39 is 17.7 Å². The molecule has 0 radical (unpaired) electrons. The number of rotatable bonds is 0. The zero-order chi connectivity index (χ0) is 11.8. The largest absolute Gasteiger partial charge is 0.451 e. The smallest absolute Gasteiger partial charge is 0.248 e. The molecule has 0 unspecified atom stereocenters. The quantitative estimate of drug-likeness (QED) is 0.675. The Morgan fingerprint density at radius 1 is 1.12 bits per heavy atom. The molecule has 16 heavy (non-hydrogen) atoms. The summed E-state index contributed by atoms with van der Waals surface area (Å²) >= 11 is 0. The van der Waals surface area contributed by atoms with Crippen molar-refractivity contribution in [2.75, 3.05) is 0 Å². The van der Waals surface area contributed by atoms with E-state index in [1.165, 1.54) is 18.5 Å². The minimum absolute atomic E-state index is 0.0435. The van der Waals surface area contributed by atoms with Crippen molar-refractivity contribution in [3.05, 3.63) is 23.9 Å². The van der Waals surface area contributed by atoms with Crippen LogP contribution >= 0.6 is 0 Å². The van der Waals surface area contributed by atoms with Gasteiger partial charge in [0, 0.05) is 12.4 Å². The molecule has 2 aromatic rings. The Kier molecular flexibility index (Phi) is 2.16. The molecule has 0 saturated heterocycles. The summed E-state index contributed by atoms with van der Waals surface area (Å²) in [6.45, 7) is 0. The van der Waals surface area contributed by atoms with E-state index in [2.05, 4.69) is 19.9 Å². The first-order valence-electron chi connectivity index (χ1n) is 3.98. The average molecular weight is 225 g/mol. The fraction of sp³-hybridized carbons (Fsp3) is 0.125. The van der Waals surface area contributed by atoms with E-state index in [0.717, 1.165) is 0 Å². The van der Waals surface area contributed by atoms with Gasteiger partial charge in [0.2, 0.25) is 5.82 Å². The lowest BCUT2D eigenvalue weighted by molar-refractivity contribution is -0.144. The Labute approximate surface area is 86.6 Å². The van der Waals surface area contributed by atoms with Crippen LogP contribution in [0.2, 0.25) is 0 Å². The topological polar surface area (TPSA) is 75.3 Å². The lowest BCUT2D eigenvalue weighted by Gasteiger charge is -2.05. The van der Waals surface area contributed by atoms with Crippen LogP contribution in [0.25, 0.3) is 11.2 Å². The van der Waals surface area contributed by atoms with Crippen molar-refractivity contribution in [3.63, 3.8) is 0 Å².